The molecule has 0 radical (unpaired) electrons. The van der Waals surface area contributed by atoms with Crippen molar-refractivity contribution in [3.63, 3.8) is 0 Å². The number of carbonyl (C=O) groups excluding carboxylic acids is 2. The van der Waals surface area contributed by atoms with Crippen LogP contribution >= 0.6 is 23.1 Å². The maximum absolute atomic E-state index is 12.9. The lowest BCUT2D eigenvalue weighted by molar-refractivity contribution is -0.129. The van der Waals surface area contributed by atoms with Gasteiger partial charge in [-0.25, -0.2) is 0 Å². The second-order valence-corrected chi connectivity index (χ2v) is 10.5. The molecule has 174 valence electrons. The Bertz CT molecular complexity index is 1330. The monoisotopic (exact) mass is 492 g/mol. The van der Waals surface area contributed by atoms with Crippen molar-refractivity contribution < 1.29 is 9.59 Å². The molecule has 8 nitrogen and oxygen atoms in total. The molecule has 1 N–H and O–H groups in total. The number of fused-ring (bicyclic) bond motifs is 1. The molecule has 1 aliphatic carbocycles. The summed E-state index contributed by atoms with van der Waals surface area (Å²) in [5.41, 5.74) is 2.11. The molecule has 4 aromatic rings. The van der Waals surface area contributed by atoms with Gasteiger partial charge in [-0.2, -0.15) is 0 Å². The standard InChI is InChI=1S/C24H24N6O2S2/c31-21(28-9-11-29(12-10-28)23(32)20-6-3-13-33-20)15-34-24-27-26-22(30(24)16-7-8-16)18-14-25-19-5-2-1-4-17(18)19/h1-6,13-14,16,25H,7-12,15H2. The van der Waals surface area contributed by atoms with E-state index in [1.54, 1.807) is 0 Å². The summed E-state index contributed by atoms with van der Waals surface area (Å²) in [6.45, 7) is 2.26. The van der Waals surface area contributed by atoms with E-state index in [0.717, 1.165) is 45.2 Å². The van der Waals surface area contributed by atoms with Crippen LogP contribution in [0.25, 0.3) is 22.3 Å². The average molecular weight is 493 g/mol. The third kappa shape index (κ3) is 4.01. The van der Waals surface area contributed by atoms with Gasteiger partial charge in [0, 0.05) is 54.9 Å². The van der Waals surface area contributed by atoms with E-state index in [4.69, 9.17) is 0 Å². The summed E-state index contributed by atoms with van der Waals surface area (Å²) in [7, 11) is 0. The first-order valence-electron chi connectivity index (χ1n) is 11.4. The minimum atomic E-state index is 0.0545. The molecule has 2 fully saturated rings. The molecule has 3 aromatic heterocycles. The summed E-state index contributed by atoms with van der Waals surface area (Å²) >= 11 is 2.91. The fourth-order valence-electron chi connectivity index (χ4n) is 4.41. The number of thiophene rings is 1. The number of hydrogen-bond acceptors (Lipinski definition) is 6. The van der Waals surface area contributed by atoms with Gasteiger partial charge < -0.3 is 14.8 Å². The zero-order valence-corrected chi connectivity index (χ0v) is 20.1. The van der Waals surface area contributed by atoms with E-state index in [1.807, 2.05) is 45.6 Å². The minimum absolute atomic E-state index is 0.0545. The topological polar surface area (TPSA) is 87.1 Å². The van der Waals surface area contributed by atoms with Crippen LogP contribution < -0.4 is 0 Å². The maximum Gasteiger partial charge on any atom is 0.264 e. The highest BCUT2D eigenvalue weighted by molar-refractivity contribution is 7.99. The van der Waals surface area contributed by atoms with Crippen LogP contribution in [0.3, 0.4) is 0 Å². The van der Waals surface area contributed by atoms with Crippen molar-refractivity contribution in [3.8, 4) is 11.4 Å². The van der Waals surface area contributed by atoms with Gasteiger partial charge in [-0.1, -0.05) is 36.0 Å². The van der Waals surface area contributed by atoms with E-state index in [9.17, 15) is 9.59 Å². The Hall–Kier alpha value is -3.11. The van der Waals surface area contributed by atoms with Crippen LogP contribution in [0.4, 0.5) is 0 Å². The number of aromatic amines is 1. The molecule has 0 unspecified atom stereocenters. The van der Waals surface area contributed by atoms with Crippen LogP contribution in [0.2, 0.25) is 0 Å². The first kappa shape index (κ1) is 21.4. The van der Waals surface area contributed by atoms with Gasteiger partial charge in [-0.3, -0.25) is 14.2 Å². The largest absolute Gasteiger partial charge is 0.360 e. The fourth-order valence-corrected chi connectivity index (χ4v) is 6.01. The molecule has 10 heteroatoms. The minimum Gasteiger partial charge on any atom is -0.360 e. The van der Waals surface area contributed by atoms with Crippen molar-refractivity contribution in [1.29, 1.82) is 0 Å². The summed E-state index contributed by atoms with van der Waals surface area (Å²) in [4.78, 5) is 33.2. The molecule has 0 bridgehead atoms. The highest BCUT2D eigenvalue weighted by Gasteiger charge is 2.32. The quantitative estimate of drug-likeness (QED) is 0.413. The highest BCUT2D eigenvalue weighted by atomic mass is 32.2. The third-order valence-electron chi connectivity index (χ3n) is 6.38. The predicted octanol–water partition coefficient (Wildman–Crippen LogP) is 3.90. The van der Waals surface area contributed by atoms with Gasteiger partial charge in [0.2, 0.25) is 5.91 Å². The van der Waals surface area contributed by atoms with Crippen molar-refractivity contribution in [3.05, 3.63) is 52.9 Å². The summed E-state index contributed by atoms with van der Waals surface area (Å²) in [5.74, 6) is 1.30. The van der Waals surface area contributed by atoms with Gasteiger partial charge in [0.1, 0.15) is 0 Å². The second kappa shape index (κ2) is 8.92. The van der Waals surface area contributed by atoms with E-state index in [2.05, 4.69) is 31.9 Å². The number of nitrogens with one attached hydrogen (secondary N) is 1. The van der Waals surface area contributed by atoms with Crippen LogP contribution in [0.15, 0.2) is 53.1 Å². The van der Waals surface area contributed by atoms with Crippen molar-refractivity contribution in [2.45, 2.75) is 24.0 Å². The lowest BCUT2D eigenvalue weighted by atomic mass is 10.1. The zero-order chi connectivity index (χ0) is 23.1. The number of carbonyl (C=O) groups is 2. The number of nitrogens with zero attached hydrogens (tertiary/aromatic N) is 5. The van der Waals surface area contributed by atoms with E-state index in [-0.39, 0.29) is 11.8 Å². The number of amides is 2. The molecule has 4 heterocycles. The average Bonchev–Trinajstić information content (AvgIpc) is 3.27. The van der Waals surface area contributed by atoms with Crippen LogP contribution in [-0.2, 0) is 4.79 Å². The molecule has 1 aliphatic heterocycles. The molecule has 0 spiro atoms. The Balaban J connectivity index is 1.12. The lowest BCUT2D eigenvalue weighted by Gasteiger charge is -2.34. The number of benzene rings is 1. The fraction of sp³-hybridized carbons (Fsp3) is 0.333. The third-order valence-corrected chi connectivity index (χ3v) is 8.17. The summed E-state index contributed by atoms with van der Waals surface area (Å²) in [6.07, 6.45) is 4.20. The Kier molecular flexibility index (Phi) is 5.62. The normalized spacial score (nSPS) is 16.4. The smallest absolute Gasteiger partial charge is 0.264 e. The Morgan fingerprint density at radius 1 is 1.03 bits per heavy atom. The van der Waals surface area contributed by atoms with Gasteiger partial charge in [0.05, 0.1) is 10.6 Å². The molecule has 1 saturated carbocycles. The number of rotatable bonds is 6. The molecular formula is C24H24N6O2S2. The molecule has 0 atom stereocenters. The molecule has 34 heavy (non-hydrogen) atoms. The Morgan fingerprint density at radius 2 is 1.82 bits per heavy atom. The van der Waals surface area contributed by atoms with Gasteiger partial charge in [-0.15, -0.1) is 21.5 Å². The number of H-pyrrole nitrogens is 1. The maximum atomic E-state index is 12.9. The van der Waals surface area contributed by atoms with Crippen LogP contribution in [-0.4, -0.2) is 73.3 Å². The molecule has 1 saturated heterocycles. The van der Waals surface area contributed by atoms with Gasteiger partial charge >= 0.3 is 0 Å². The lowest BCUT2D eigenvalue weighted by Crippen LogP contribution is -2.51. The van der Waals surface area contributed by atoms with E-state index in [0.29, 0.717) is 38.0 Å². The van der Waals surface area contributed by atoms with Crippen molar-refractivity contribution in [2.24, 2.45) is 0 Å². The van der Waals surface area contributed by atoms with Crippen molar-refractivity contribution in [1.82, 2.24) is 29.5 Å². The molecular weight excluding hydrogens is 468 g/mol. The molecule has 2 aliphatic rings. The number of hydrogen-bond donors (Lipinski definition) is 1. The van der Waals surface area contributed by atoms with Crippen LogP contribution in [0.5, 0.6) is 0 Å². The van der Waals surface area contributed by atoms with Crippen LogP contribution in [0, 0.1) is 0 Å². The van der Waals surface area contributed by atoms with Gasteiger partial charge in [-0.05, 0) is 30.4 Å². The Labute approximate surface area is 205 Å². The number of para-hydroxylation sites is 1. The summed E-state index contributed by atoms with van der Waals surface area (Å²) in [5, 5.41) is 12.8. The first-order chi connectivity index (χ1) is 16.7. The molecule has 6 rings (SSSR count). The van der Waals surface area contributed by atoms with Crippen LogP contribution in [0.1, 0.15) is 28.6 Å². The van der Waals surface area contributed by atoms with Gasteiger partial charge in [0.15, 0.2) is 11.0 Å². The first-order valence-corrected chi connectivity index (χ1v) is 13.3. The number of aromatic nitrogens is 4. The molecule has 1 aromatic carbocycles. The van der Waals surface area contributed by atoms with Crippen molar-refractivity contribution in [2.75, 3.05) is 31.9 Å². The number of thioether (sulfide) groups is 1. The SMILES string of the molecule is O=C(CSc1nnc(-c2c[nH]c3ccccc23)n1C1CC1)N1CCN(C(=O)c2cccs2)CC1. The number of piperazine rings is 1. The van der Waals surface area contributed by atoms with Gasteiger partial charge in [0.25, 0.3) is 5.91 Å². The second-order valence-electron chi connectivity index (χ2n) is 8.59. The van der Waals surface area contributed by atoms with E-state index >= 15 is 0 Å². The molecule has 2 amide bonds. The highest BCUT2D eigenvalue weighted by Crippen LogP contribution is 2.42. The van der Waals surface area contributed by atoms with E-state index < -0.39 is 0 Å². The van der Waals surface area contributed by atoms with E-state index in [1.165, 1.54) is 23.1 Å². The summed E-state index contributed by atoms with van der Waals surface area (Å²) < 4.78 is 2.20. The Morgan fingerprint density at radius 3 is 2.59 bits per heavy atom. The predicted molar refractivity (Wildman–Crippen MR) is 133 cm³/mol. The summed E-state index contributed by atoms with van der Waals surface area (Å²) in [6, 6.07) is 12.3. The van der Waals surface area contributed by atoms with Crippen molar-refractivity contribution >= 4 is 45.8 Å². The zero-order valence-electron chi connectivity index (χ0n) is 18.5.